The van der Waals surface area contributed by atoms with Crippen LogP contribution in [0.3, 0.4) is 0 Å². The predicted molar refractivity (Wildman–Crippen MR) is 70.6 cm³/mol. The highest BCUT2D eigenvalue weighted by atomic mass is 35.5. The van der Waals surface area contributed by atoms with Gasteiger partial charge in [-0.15, -0.1) is 11.6 Å². The van der Waals surface area contributed by atoms with Gasteiger partial charge in [0.25, 0.3) is 10.2 Å². The molecular formula is C10H22ClN3O2S. The summed E-state index contributed by atoms with van der Waals surface area (Å²) in [5.74, 6) is 0.485. The molecule has 1 saturated heterocycles. The molecule has 0 aromatic heterocycles. The maximum Gasteiger partial charge on any atom is 0.281 e. The van der Waals surface area contributed by atoms with Crippen LogP contribution >= 0.6 is 11.6 Å². The molecule has 102 valence electrons. The molecule has 0 saturated carbocycles. The Morgan fingerprint density at radius 2 is 2.06 bits per heavy atom. The third-order valence-corrected chi connectivity index (χ3v) is 5.47. The van der Waals surface area contributed by atoms with Crippen LogP contribution in [-0.4, -0.2) is 74.1 Å². The predicted octanol–water partition coefficient (Wildman–Crippen LogP) is 0.428. The standard InChI is InChI=1S/C10H22ClN3O2S/c1-10-9-14(8-7-12(10)2)17(15,16)13(3)6-4-5-11/h10H,4-9H2,1-3H3. The summed E-state index contributed by atoms with van der Waals surface area (Å²) in [5, 5.41) is 0. The number of nitrogens with zero attached hydrogens (tertiary/aromatic N) is 3. The van der Waals surface area contributed by atoms with Gasteiger partial charge in [-0.05, 0) is 20.4 Å². The molecule has 17 heavy (non-hydrogen) atoms. The molecule has 5 nitrogen and oxygen atoms in total. The van der Waals surface area contributed by atoms with Gasteiger partial charge in [0.15, 0.2) is 0 Å². The van der Waals surface area contributed by atoms with E-state index in [4.69, 9.17) is 11.6 Å². The summed E-state index contributed by atoms with van der Waals surface area (Å²) in [6, 6.07) is 0.264. The number of alkyl halides is 1. The van der Waals surface area contributed by atoms with Gasteiger partial charge >= 0.3 is 0 Å². The fourth-order valence-electron chi connectivity index (χ4n) is 1.82. The lowest BCUT2D eigenvalue weighted by Gasteiger charge is -2.38. The first-order valence-electron chi connectivity index (χ1n) is 5.87. The average Bonchev–Trinajstić information content (AvgIpc) is 2.29. The summed E-state index contributed by atoms with van der Waals surface area (Å²) in [7, 11) is 0.326. The van der Waals surface area contributed by atoms with Crippen molar-refractivity contribution in [2.24, 2.45) is 0 Å². The Balaban J connectivity index is 2.64. The molecule has 1 aliphatic heterocycles. The minimum Gasteiger partial charge on any atom is -0.301 e. The number of likely N-dealkylation sites (N-methyl/N-ethyl adjacent to an activating group) is 1. The van der Waals surface area contributed by atoms with Gasteiger partial charge in [-0.2, -0.15) is 17.0 Å². The number of hydrogen-bond acceptors (Lipinski definition) is 3. The van der Waals surface area contributed by atoms with Gasteiger partial charge in [-0.25, -0.2) is 0 Å². The van der Waals surface area contributed by atoms with Crippen molar-refractivity contribution in [3.63, 3.8) is 0 Å². The molecule has 1 unspecified atom stereocenters. The lowest BCUT2D eigenvalue weighted by molar-refractivity contribution is 0.154. The van der Waals surface area contributed by atoms with Crippen LogP contribution in [0.4, 0.5) is 0 Å². The van der Waals surface area contributed by atoms with E-state index in [2.05, 4.69) is 4.90 Å². The van der Waals surface area contributed by atoms with Crippen LogP contribution in [0.2, 0.25) is 0 Å². The summed E-state index contributed by atoms with van der Waals surface area (Å²) >= 11 is 5.58. The SMILES string of the molecule is CC1CN(S(=O)(=O)N(C)CCCCl)CCN1C. The van der Waals surface area contributed by atoms with Gasteiger partial charge in [-0.1, -0.05) is 0 Å². The van der Waals surface area contributed by atoms with Crippen LogP contribution in [0.1, 0.15) is 13.3 Å². The molecule has 1 rings (SSSR count). The Hall–Kier alpha value is 0.120. The lowest BCUT2D eigenvalue weighted by atomic mass is 10.2. The molecule has 0 aliphatic carbocycles. The second-order valence-corrected chi connectivity index (χ2v) is 6.97. The first kappa shape index (κ1) is 15.2. The highest BCUT2D eigenvalue weighted by Crippen LogP contribution is 2.14. The Morgan fingerprint density at radius 3 is 2.59 bits per heavy atom. The molecule has 1 atom stereocenters. The molecule has 0 aromatic rings. The zero-order valence-electron chi connectivity index (χ0n) is 10.8. The first-order chi connectivity index (χ1) is 7.89. The quantitative estimate of drug-likeness (QED) is 0.687. The highest BCUT2D eigenvalue weighted by molar-refractivity contribution is 7.86. The lowest BCUT2D eigenvalue weighted by Crippen LogP contribution is -2.55. The van der Waals surface area contributed by atoms with Crippen LogP contribution in [0.5, 0.6) is 0 Å². The smallest absolute Gasteiger partial charge is 0.281 e. The summed E-state index contributed by atoms with van der Waals surface area (Å²) in [4.78, 5) is 2.17. The van der Waals surface area contributed by atoms with Crippen molar-refractivity contribution in [2.45, 2.75) is 19.4 Å². The van der Waals surface area contributed by atoms with E-state index >= 15 is 0 Å². The van der Waals surface area contributed by atoms with Crippen LogP contribution in [0.25, 0.3) is 0 Å². The van der Waals surface area contributed by atoms with Crippen molar-refractivity contribution in [3.05, 3.63) is 0 Å². The molecule has 0 aromatic carbocycles. The summed E-state index contributed by atoms with van der Waals surface area (Å²) in [5.41, 5.74) is 0. The Morgan fingerprint density at radius 1 is 1.41 bits per heavy atom. The third-order valence-electron chi connectivity index (χ3n) is 3.25. The molecule has 1 fully saturated rings. The Bertz CT molecular complexity index is 336. The normalized spacial score (nSPS) is 24.4. The maximum atomic E-state index is 12.2. The highest BCUT2D eigenvalue weighted by Gasteiger charge is 2.31. The fraction of sp³-hybridized carbons (Fsp3) is 1.00. The minimum absolute atomic E-state index is 0.264. The van der Waals surface area contributed by atoms with E-state index in [0.717, 1.165) is 6.54 Å². The molecule has 1 aliphatic rings. The van der Waals surface area contributed by atoms with Gasteiger partial charge in [0.2, 0.25) is 0 Å². The van der Waals surface area contributed by atoms with Gasteiger partial charge in [0.1, 0.15) is 0 Å². The number of halogens is 1. The fourth-order valence-corrected chi connectivity index (χ4v) is 3.41. The van der Waals surface area contributed by atoms with Crippen LogP contribution in [0.15, 0.2) is 0 Å². The van der Waals surface area contributed by atoms with Gasteiger partial charge in [-0.3, -0.25) is 0 Å². The molecule has 0 radical (unpaired) electrons. The summed E-state index contributed by atoms with van der Waals surface area (Å²) in [6.45, 7) is 4.43. The van der Waals surface area contributed by atoms with E-state index in [-0.39, 0.29) is 6.04 Å². The van der Waals surface area contributed by atoms with E-state index in [1.807, 2.05) is 14.0 Å². The van der Waals surface area contributed by atoms with Gasteiger partial charge in [0.05, 0.1) is 0 Å². The number of rotatable bonds is 5. The Labute approximate surface area is 109 Å². The van der Waals surface area contributed by atoms with Crippen molar-refractivity contribution in [1.29, 1.82) is 0 Å². The van der Waals surface area contributed by atoms with Crippen LogP contribution < -0.4 is 0 Å². The average molecular weight is 284 g/mol. The molecule has 1 heterocycles. The molecular weight excluding hydrogens is 262 g/mol. The number of hydrogen-bond donors (Lipinski definition) is 0. The van der Waals surface area contributed by atoms with Gasteiger partial charge in [0, 0.05) is 45.1 Å². The number of piperazine rings is 1. The largest absolute Gasteiger partial charge is 0.301 e. The van der Waals surface area contributed by atoms with Crippen LogP contribution in [-0.2, 0) is 10.2 Å². The molecule has 0 bridgehead atoms. The second-order valence-electron chi connectivity index (χ2n) is 4.56. The van der Waals surface area contributed by atoms with Crippen molar-refractivity contribution < 1.29 is 8.42 Å². The van der Waals surface area contributed by atoms with E-state index in [9.17, 15) is 8.42 Å². The zero-order chi connectivity index (χ0) is 13.1. The van der Waals surface area contributed by atoms with Crippen molar-refractivity contribution >= 4 is 21.8 Å². The van der Waals surface area contributed by atoms with Crippen molar-refractivity contribution in [1.82, 2.24) is 13.5 Å². The maximum absolute atomic E-state index is 12.2. The third kappa shape index (κ3) is 3.79. The minimum atomic E-state index is -3.31. The van der Waals surface area contributed by atoms with Crippen LogP contribution in [0, 0.1) is 0 Å². The molecule has 7 heteroatoms. The van der Waals surface area contributed by atoms with Gasteiger partial charge < -0.3 is 4.90 Å². The molecule has 0 N–H and O–H groups in total. The van der Waals surface area contributed by atoms with E-state index < -0.39 is 10.2 Å². The first-order valence-corrected chi connectivity index (χ1v) is 7.80. The summed E-state index contributed by atoms with van der Waals surface area (Å²) in [6.07, 6.45) is 0.681. The monoisotopic (exact) mass is 283 g/mol. The van der Waals surface area contributed by atoms with Crippen molar-refractivity contribution in [2.75, 3.05) is 46.2 Å². The Kier molecular flexibility index (Phi) is 5.66. The molecule has 0 spiro atoms. The van der Waals surface area contributed by atoms with E-state index in [1.54, 1.807) is 11.4 Å². The van der Waals surface area contributed by atoms with E-state index in [1.165, 1.54) is 4.31 Å². The summed E-state index contributed by atoms with van der Waals surface area (Å²) < 4.78 is 27.4. The topological polar surface area (TPSA) is 43.9 Å². The van der Waals surface area contributed by atoms with E-state index in [0.29, 0.717) is 31.9 Å². The zero-order valence-corrected chi connectivity index (χ0v) is 12.3. The molecule has 0 amide bonds. The van der Waals surface area contributed by atoms with Crippen molar-refractivity contribution in [3.8, 4) is 0 Å². The second kappa shape index (κ2) is 6.33.